The Labute approximate surface area is 115 Å². The second-order valence-corrected chi connectivity index (χ2v) is 6.50. The third-order valence-electron chi connectivity index (χ3n) is 3.11. The van der Waals surface area contributed by atoms with Crippen molar-refractivity contribution in [3.8, 4) is 0 Å². The number of nitrogens with zero attached hydrogens (tertiary/aromatic N) is 1. The Morgan fingerprint density at radius 2 is 2.00 bits per heavy atom. The lowest BCUT2D eigenvalue weighted by molar-refractivity contribution is -0.125. The van der Waals surface area contributed by atoms with Gasteiger partial charge < -0.3 is 10.6 Å². The molecule has 1 heterocycles. The van der Waals surface area contributed by atoms with Crippen molar-refractivity contribution in [1.29, 1.82) is 0 Å². The zero-order valence-electron chi connectivity index (χ0n) is 11.6. The lowest BCUT2D eigenvalue weighted by atomic mass is 10.2. The van der Waals surface area contributed by atoms with Crippen LogP contribution in [0.2, 0.25) is 0 Å². The number of amides is 1. The van der Waals surface area contributed by atoms with Gasteiger partial charge in [0.25, 0.3) is 0 Å². The second kappa shape index (κ2) is 7.78. The van der Waals surface area contributed by atoms with Gasteiger partial charge in [0.1, 0.15) is 0 Å². The zero-order valence-corrected chi connectivity index (χ0v) is 12.4. The normalized spacial score (nSPS) is 19.1. The number of nitrogens with one attached hydrogen (secondary N) is 3. The molecule has 1 saturated heterocycles. The van der Waals surface area contributed by atoms with E-state index in [9.17, 15) is 13.2 Å². The first-order valence-electron chi connectivity index (χ1n) is 6.66. The summed E-state index contributed by atoms with van der Waals surface area (Å²) >= 11 is 0. The smallest absolute Gasteiger partial charge is 0.237 e. The molecule has 0 saturated carbocycles. The highest BCUT2D eigenvalue weighted by Gasteiger charge is 2.22. The topological polar surface area (TPSA) is 90.5 Å². The van der Waals surface area contributed by atoms with Gasteiger partial charge in [-0.2, -0.15) is 0 Å². The lowest BCUT2D eigenvalue weighted by Crippen LogP contribution is -2.53. The Hall–Kier alpha value is -0.700. The second-order valence-electron chi connectivity index (χ2n) is 4.57. The van der Waals surface area contributed by atoms with Crippen molar-refractivity contribution in [3.05, 3.63) is 0 Å². The van der Waals surface area contributed by atoms with E-state index in [4.69, 9.17) is 0 Å². The summed E-state index contributed by atoms with van der Waals surface area (Å²) in [4.78, 5) is 14.0. The van der Waals surface area contributed by atoms with Gasteiger partial charge in [0, 0.05) is 39.3 Å². The summed E-state index contributed by atoms with van der Waals surface area (Å²) in [5, 5.41) is 5.90. The van der Waals surface area contributed by atoms with Crippen LogP contribution in [0, 0.1) is 0 Å². The molecule has 0 radical (unpaired) electrons. The molecule has 0 aromatic heterocycles. The standard InChI is InChI=1S/C11H24N4O3S/c1-3-14-19(17,18)9-6-13-11(16)10(2)15-7-4-12-5-8-15/h10,12,14H,3-9H2,1-2H3,(H,13,16). The van der Waals surface area contributed by atoms with Gasteiger partial charge in [0.05, 0.1) is 11.8 Å². The highest BCUT2D eigenvalue weighted by Crippen LogP contribution is 2.00. The maximum atomic E-state index is 11.9. The van der Waals surface area contributed by atoms with Gasteiger partial charge in [0.2, 0.25) is 15.9 Å². The van der Waals surface area contributed by atoms with Crippen molar-refractivity contribution in [3.63, 3.8) is 0 Å². The molecule has 1 unspecified atom stereocenters. The summed E-state index contributed by atoms with van der Waals surface area (Å²) < 4.78 is 25.2. The van der Waals surface area contributed by atoms with Crippen LogP contribution in [0.5, 0.6) is 0 Å². The number of sulfonamides is 1. The Morgan fingerprint density at radius 1 is 1.37 bits per heavy atom. The molecule has 0 bridgehead atoms. The van der Waals surface area contributed by atoms with E-state index in [-0.39, 0.29) is 24.2 Å². The van der Waals surface area contributed by atoms with Gasteiger partial charge in [0.15, 0.2) is 0 Å². The molecule has 3 N–H and O–H groups in total. The van der Waals surface area contributed by atoms with Crippen molar-refractivity contribution < 1.29 is 13.2 Å². The average molecular weight is 292 g/mol. The number of carbonyl (C=O) groups is 1. The Bertz CT molecular complexity index is 379. The Kier molecular flexibility index (Phi) is 6.70. The van der Waals surface area contributed by atoms with Crippen LogP contribution in [0.25, 0.3) is 0 Å². The third kappa shape index (κ3) is 5.85. The summed E-state index contributed by atoms with van der Waals surface area (Å²) in [7, 11) is -3.27. The van der Waals surface area contributed by atoms with Crippen LogP contribution in [-0.2, 0) is 14.8 Å². The molecule has 0 aliphatic carbocycles. The SMILES string of the molecule is CCNS(=O)(=O)CCNC(=O)C(C)N1CCNCC1. The molecular formula is C11H24N4O3S. The minimum Gasteiger partial charge on any atom is -0.354 e. The highest BCUT2D eigenvalue weighted by atomic mass is 32.2. The van der Waals surface area contributed by atoms with Crippen LogP contribution in [0.4, 0.5) is 0 Å². The molecule has 112 valence electrons. The molecule has 0 aromatic carbocycles. The summed E-state index contributed by atoms with van der Waals surface area (Å²) in [5.41, 5.74) is 0. The first kappa shape index (κ1) is 16.4. The van der Waals surface area contributed by atoms with Gasteiger partial charge in [-0.05, 0) is 6.92 Å². The minimum absolute atomic E-state index is 0.0825. The maximum Gasteiger partial charge on any atom is 0.237 e. The predicted octanol–water partition coefficient (Wildman–Crippen LogP) is -1.66. The third-order valence-corrected chi connectivity index (χ3v) is 4.58. The molecule has 1 amide bonds. The van der Waals surface area contributed by atoms with E-state index in [1.165, 1.54) is 0 Å². The number of carbonyl (C=O) groups excluding carboxylic acids is 1. The van der Waals surface area contributed by atoms with Gasteiger partial charge in [-0.3, -0.25) is 9.69 Å². The highest BCUT2D eigenvalue weighted by molar-refractivity contribution is 7.89. The van der Waals surface area contributed by atoms with Gasteiger partial charge in [-0.1, -0.05) is 6.92 Å². The van der Waals surface area contributed by atoms with Crippen molar-refractivity contribution in [2.24, 2.45) is 0 Å². The number of rotatable bonds is 7. The van der Waals surface area contributed by atoms with Crippen LogP contribution in [-0.4, -0.2) is 70.3 Å². The minimum atomic E-state index is -3.27. The summed E-state index contributed by atoms with van der Waals surface area (Å²) in [6.07, 6.45) is 0. The molecule has 1 aliphatic rings. The number of hydrogen-bond acceptors (Lipinski definition) is 5. The molecule has 19 heavy (non-hydrogen) atoms. The van der Waals surface area contributed by atoms with Gasteiger partial charge in [-0.25, -0.2) is 13.1 Å². The first-order chi connectivity index (χ1) is 8.96. The van der Waals surface area contributed by atoms with E-state index in [0.29, 0.717) is 6.54 Å². The fourth-order valence-corrected chi connectivity index (χ4v) is 2.94. The van der Waals surface area contributed by atoms with Crippen LogP contribution in [0.1, 0.15) is 13.8 Å². The molecular weight excluding hydrogens is 268 g/mol. The zero-order chi connectivity index (χ0) is 14.3. The van der Waals surface area contributed by atoms with E-state index in [2.05, 4.69) is 20.3 Å². The fraction of sp³-hybridized carbons (Fsp3) is 0.909. The van der Waals surface area contributed by atoms with E-state index >= 15 is 0 Å². The van der Waals surface area contributed by atoms with Crippen LogP contribution < -0.4 is 15.4 Å². The van der Waals surface area contributed by atoms with Gasteiger partial charge >= 0.3 is 0 Å². The quantitative estimate of drug-likeness (QED) is 0.522. The van der Waals surface area contributed by atoms with E-state index in [1.807, 2.05) is 6.92 Å². The van der Waals surface area contributed by atoms with Crippen molar-refractivity contribution in [1.82, 2.24) is 20.3 Å². The Morgan fingerprint density at radius 3 is 2.58 bits per heavy atom. The maximum absolute atomic E-state index is 11.9. The monoisotopic (exact) mass is 292 g/mol. The van der Waals surface area contributed by atoms with E-state index in [0.717, 1.165) is 26.2 Å². The molecule has 1 aliphatic heterocycles. The van der Waals surface area contributed by atoms with Crippen molar-refractivity contribution in [2.45, 2.75) is 19.9 Å². The van der Waals surface area contributed by atoms with E-state index < -0.39 is 10.0 Å². The lowest BCUT2D eigenvalue weighted by Gasteiger charge is -2.31. The first-order valence-corrected chi connectivity index (χ1v) is 8.31. The molecule has 0 spiro atoms. The molecule has 7 nitrogen and oxygen atoms in total. The molecule has 0 aromatic rings. The largest absolute Gasteiger partial charge is 0.354 e. The van der Waals surface area contributed by atoms with Crippen LogP contribution >= 0.6 is 0 Å². The molecule has 1 atom stereocenters. The van der Waals surface area contributed by atoms with Crippen LogP contribution in [0.3, 0.4) is 0 Å². The van der Waals surface area contributed by atoms with E-state index in [1.54, 1.807) is 6.92 Å². The summed E-state index contributed by atoms with van der Waals surface area (Å²) in [6, 6.07) is -0.219. The number of hydrogen-bond donors (Lipinski definition) is 3. The summed E-state index contributed by atoms with van der Waals surface area (Å²) in [6.45, 7) is 7.52. The summed E-state index contributed by atoms with van der Waals surface area (Å²) in [5.74, 6) is -0.200. The fourth-order valence-electron chi connectivity index (χ4n) is 1.98. The van der Waals surface area contributed by atoms with Crippen molar-refractivity contribution >= 4 is 15.9 Å². The van der Waals surface area contributed by atoms with Crippen LogP contribution in [0.15, 0.2) is 0 Å². The predicted molar refractivity (Wildman–Crippen MR) is 74.4 cm³/mol. The molecule has 8 heteroatoms. The van der Waals surface area contributed by atoms with Crippen molar-refractivity contribution in [2.75, 3.05) is 45.0 Å². The van der Waals surface area contributed by atoms with Gasteiger partial charge in [-0.15, -0.1) is 0 Å². The molecule has 1 fully saturated rings. The Balaban J connectivity index is 2.30. The molecule has 1 rings (SSSR count). The average Bonchev–Trinajstić information content (AvgIpc) is 2.38. The number of piperazine rings is 1.